The lowest BCUT2D eigenvalue weighted by atomic mass is 10.1. The predicted molar refractivity (Wildman–Crippen MR) is 85.6 cm³/mol. The van der Waals surface area contributed by atoms with Gasteiger partial charge in [-0.05, 0) is 52.2 Å². The Bertz CT molecular complexity index is 525. The van der Waals surface area contributed by atoms with Crippen molar-refractivity contribution in [3.8, 4) is 0 Å². The van der Waals surface area contributed by atoms with E-state index in [1.54, 1.807) is 20.8 Å². The summed E-state index contributed by atoms with van der Waals surface area (Å²) in [5.74, 6) is 0. The van der Waals surface area contributed by atoms with Crippen LogP contribution in [-0.4, -0.2) is 23.2 Å². The Kier molecular flexibility index (Phi) is 7.51. The molecule has 0 unspecified atom stereocenters. The van der Waals surface area contributed by atoms with E-state index < -0.39 is 23.4 Å². The van der Waals surface area contributed by atoms with Gasteiger partial charge in [0.2, 0.25) is 0 Å². The molecule has 0 spiro atoms. The molecule has 0 bridgehead atoms. The first-order valence-corrected chi connectivity index (χ1v) is 8.07. The fourth-order valence-corrected chi connectivity index (χ4v) is 2.17. The smallest absolute Gasteiger partial charge is 0.418 e. The Balaban J connectivity index is 2.21. The van der Waals surface area contributed by atoms with Crippen molar-refractivity contribution in [3.63, 3.8) is 0 Å². The molecule has 0 saturated carbocycles. The number of aromatic nitrogens is 1. The number of rotatable bonds is 7. The number of aryl methyl sites for hydroxylation is 1. The summed E-state index contributed by atoms with van der Waals surface area (Å²) in [4.78, 5) is 15.3. The number of nitrogens with one attached hydrogen (secondary N) is 1. The third-order valence-corrected chi connectivity index (χ3v) is 3.20. The third kappa shape index (κ3) is 8.17. The number of alkyl carbamates (subject to hydrolysis) is 1. The minimum Gasteiger partial charge on any atom is -0.444 e. The molecule has 1 amide bonds. The van der Waals surface area contributed by atoms with Gasteiger partial charge in [-0.3, -0.25) is 4.98 Å². The molecule has 0 radical (unpaired) electrons. The van der Waals surface area contributed by atoms with E-state index in [2.05, 4.69) is 10.3 Å². The van der Waals surface area contributed by atoms with Crippen molar-refractivity contribution in [2.75, 3.05) is 6.54 Å². The Morgan fingerprint density at radius 1 is 1.17 bits per heavy atom. The van der Waals surface area contributed by atoms with E-state index in [9.17, 15) is 18.0 Å². The molecule has 1 heterocycles. The summed E-state index contributed by atoms with van der Waals surface area (Å²) in [6, 6.07) is 2.36. The van der Waals surface area contributed by atoms with E-state index in [4.69, 9.17) is 4.74 Å². The van der Waals surface area contributed by atoms with Crippen LogP contribution >= 0.6 is 0 Å². The van der Waals surface area contributed by atoms with Gasteiger partial charge in [0.25, 0.3) is 0 Å². The quantitative estimate of drug-likeness (QED) is 0.726. The number of hydrogen-bond donors (Lipinski definition) is 1. The van der Waals surface area contributed by atoms with Gasteiger partial charge in [0.1, 0.15) is 5.60 Å². The summed E-state index contributed by atoms with van der Waals surface area (Å²) in [7, 11) is 0. The third-order valence-electron chi connectivity index (χ3n) is 3.20. The zero-order chi connectivity index (χ0) is 18.2. The Morgan fingerprint density at radius 2 is 1.83 bits per heavy atom. The van der Waals surface area contributed by atoms with Gasteiger partial charge in [-0.2, -0.15) is 13.2 Å². The number of nitrogens with zero attached hydrogens (tertiary/aromatic N) is 1. The summed E-state index contributed by atoms with van der Waals surface area (Å²) in [5.41, 5.74) is -1.09. The molecule has 7 heteroatoms. The molecule has 136 valence electrons. The van der Waals surface area contributed by atoms with Crippen LogP contribution in [0.1, 0.15) is 57.7 Å². The number of halogens is 3. The summed E-state index contributed by atoms with van der Waals surface area (Å²) in [5, 5.41) is 2.65. The number of ether oxygens (including phenoxy) is 1. The molecule has 0 aliphatic rings. The average Bonchev–Trinajstić information content (AvgIpc) is 2.43. The number of hydrogen-bond acceptors (Lipinski definition) is 3. The largest absolute Gasteiger partial charge is 0.444 e. The fourth-order valence-electron chi connectivity index (χ4n) is 2.17. The Morgan fingerprint density at radius 3 is 2.46 bits per heavy atom. The summed E-state index contributed by atoms with van der Waals surface area (Å²) in [6.07, 6.45) is -0.134. The lowest BCUT2D eigenvalue weighted by molar-refractivity contribution is -0.138. The van der Waals surface area contributed by atoms with E-state index in [1.165, 1.54) is 12.3 Å². The van der Waals surface area contributed by atoms with Gasteiger partial charge in [-0.15, -0.1) is 0 Å². The number of amides is 1. The number of pyridine rings is 1. The van der Waals surface area contributed by atoms with Crippen molar-refractivity contribution in [3.05, 3.63) is 29.6 Å². The molecule has 1 N–H and O–H groups in total. The highest BCUT2D eigenvalue weighted by Gasteiger charge is 2.33. The van der Waals surface area contributed by atoms with Gasteiger partial charge in [0.05, 0.1) is 11.3 Å². The van der Waals surface area contributed by atoms with Crippen LogP contribution in [0.4, 0.5) is 18.0 Å². The van der Waals surface area contributed by atoms with Gasteiger partial charge in [-0.1, -0.05) is 12.8 Å². The molecule has 0 atom stereocenters. The maximum Gasteiger partial charge on any atom is 0.418 e. The maximum atomic E-state index is 12.8. The zero-order valence-corrected chi connectivity index (χ0v) is 14.4. The van der Waals surface area contributed by atoms with Gasteiger partial charge in [0.15, 0.2) is 0 Å². The van der Waals surface area contributed by atoms with Crippen LogP contribution in [0.3, 0.4) is 0 Å². The standard InChI is InChI=1S/C17H25F3N2O2/c1-16(2,3)24-15(23)22-11-7-5-4-6-10-14-13(17(18,19)20)9-8-12-21-14/h8-9,12H,4-7,10-11H2,1-3H3,(H,22,23). The van der Waals surface area contributed by atoms with Crippen molar-refractivity contribution >= 4 is 6.09 Å². The molecule has 4 nitrogen and oxygen atoms in total. The van der Waals surface area contributed by atoms with E-state index in [0.29, 0.717) is 19.4 Å². The Labute approximate surface area is 140 Å². The van der Waals surface area contributed by atoms with E-state index in [0.717, 1.165) is 25.3 Å². The monoisotopic (exact) mass is 346 g/mol. The van der Waals surface area contributed by atoms with Gasteiger partial charge < -0.3 is 10.1 Å². The molecule has 1 rings (SSSR count). The molecule has 1 aromatic heterocycles. The minimum atomic E-state index is -4.36. The Hall–Kier alpha value is -1.79. The van der Waals surface area contributed by atoms with Crippen LogP contribution in [0, 0.1) is 0 Å². The number of carbonyl (C=O) groups excluding carboxylic acids is 1. The van der Waals surface area contributed by atoms with Crippen LogP contribution in [0.5, 0.6) is 0 Å². The van der Waals surface area contributed by atoms with Crippen LogP contribution < -0.4 is 5.32 Å². The topological polar surface area (TPSA) is 51.2 Å². The normalized spacial score (nSPS) is 12.1. The van der Waals surface area contributed by atoms with Crippen LogP contribution in [0.2, 0.25) is 0 Å². The first kappa shape index (κ1) is 20.3. The minimum absolute atomic E-state index is 0.0943. The highest BCUT2D eigenvalue weighted by molar-refractivity contribution is 5.67. The summed E-state index contributed by atoms with van der Waals surface area (Å²) < 4.78 is 43.6. The van der Waals surface area contributed by atoms with Gasteiger partial charge in [0, 0.05) is 12.7 Å². The predicted octanol–water partition coefficient (Wildman–Crippen LogP) is 4.73. The molecular weight excluding hydrogens is 321 g/mol. The lowest BCUT2D eigenvalue weighted by Crippen LogP contribution is -2.32. The second kappa shape index (κ2) is 8.89. The van der Waals surface area contributed by atoms with Gasteiger partial charge in [-0.25, -0.2) is 4.79 Å². The molecule has 0 saturated heterocycles. The fraction of sp³-hybridized carbons (Fsp3) is 0.647. The van der Waals surface area contributed by atoms with Gasteiger partial charge >= 0.3 is 12.3 Å². The zero-order valence-electron chi connectivity index (χ0n) is 14.4. The first-order chi connectivity index (χ1) is 11.1. The molecule has 0 aromatic carbocycles. The maximum absolute atomic E-state index is 12.8. The molecule has 0 fully saturated rings. The van der Waals surface area contributed by atoms with E-state index in [1.807, 2.05) is 0 Å². The molecule has 24 heavy (non-hydrogen) atoms. The van der Waals surface area contributed by atoms with E-state index in [-0.39, 0.29) is 5.69 Å². The van der Waals surface area contributed by atoms with Crippen LogP contribution in [-0.2, 0) is 17.3 Å². The molecule has 0 aliphatic carbocycles. The molecule has 0 aliphatic heterocycles. The number of unbranched alkanes of at least 4 members (excludes halogenated alkanes) is 3. The van der Waals surface area contributed by atoms with Crippen molar-refractivity contribution < 1.29 is 22.7 Å². The summed E-state index contributed by atoms with van der Waals surface area (Å²) in [6.45, 7) is 5.87. The highest BCUT2D eigenvalue weighted by atomic mass is 19.4. The lowest BCUT2D eigenvalue weighted by Gasteiger charge is -2.19. The second-order valence-corrected chi connectivity index (χ2v) is 6.59. The highest BCUT2D eigenvalue weighted by Crippen LogP contribution is 2.31. The summed E-state index contributed by atoms with van der Waals surface area (Å²) >= 11 is 0. The van der Waals surface area contributed by atoms with Crippen molar-refractivity contribution in [1.82, 2.24) is 10.3 Å². The number of carbonyl (C=O) groups is 1. The molecule has 1 aromatic rings. The average molecular weight is 346 g/mol. The van der Waals surface area contributed by atoms with Crippen molar-refractivity contribution in [2.45, 2.75) is 64.7 Å². The first-order valence-electron chi connectivity index (χ1n) is 8.07. The van der Waals surface area contributed by atoms with E-state index >= 15 is 0 Å². The number of alkyl halides is 3. The van der Waals surface area contributed by atoms with Crippen LogP contribution in [0.25, 0.3) is 0 Å². The SMILES string of the molecule is CC(C)(C)OC(=O)NCCCCCCc1ncccc1C(F)(F)F. The van der Waals surface area contributed by atoms with Crippen molar-refractivity contribution in [2.24, 2.45) is 0 Å². The van der Waals surface area contributed by atoms with Crippen LogP contribution in [0.15, 0.2) is 18.3 Å². The second-order valence-electron chi connectivity index (χ2n) is 6.59. The van der Waals surface area contributed by atoms with Crippen molar-refractivity contribution in [1.29, 1.82) is 0 Å². The molecular formula is C17H25F3N2O2.